The van der Waals surface area contributed by atoms with Crippen molar-refractivity contribution in [3.05, 3.63) is 232 Å². The van der Waals surface area contributed by atoms with E-state index in [0.717, 1.165) is 47.9 Å². The Morgan fingerprint density at radius 2 is 0.826 bits per heavy atom. The number of halogens is 2. The topological polar surface area (TPSA) is 404 Å². The number of nitrogens with one attached hydrogen (secondary N) is 9. The van der Waals surface area contributed by atoms with Crippen molar-refractivity contribution in [2.75, 3.05) is 75.3 Å². The van der Waals surface area contributed by atoms with Gasteiger partial charge in [-0.25, -0.2) is 18.8 Å². The lowest BCUT2D eigenvalue weighted by Crippen LogP contribution is -2.33. The Hall–Kier alpha value is -14.4. The van der Waals surface area contributed by atoms with Crippen LogP contribution in [0, 0.1) is 68.0 Å². The Bertz CT molecular complexity index is 5340. The minimum atomic E-state index is -0.819. The first kappa shape index (κ1) is 92.1. The minimum absolute atomic E-state index is 0.00499. The van der Waals surface area contributed by atoms with Crippen molar-refractivity contribution < 1.29 is 86.7 Å². The van der Waals surface area contributed by atoms with Crippen molar-refractivity contribution >= 4 is 98.6 Å². The fourth-order valence-corrected chi connectivity index (χ4v) is 11.6. The highest BCUT2D eigenvalue weighted by Gasteiger charge is 2.28. The molecule has 0 radical (unpaired) electrons. The number of unbranched alkanes of at least 4 members (excludes halogenated alkanes) is 2. The molecule has 0 aliphatic carbocycles. The number of methoxy groups -OCH3 is 2. The molecule has 0 spiro atoms. The summed E-state index contributed by atoms with van der Waals surface area (Å²) in [5.41, 5.74) is 6.47. The van der Waals surface area contributed by atoms with E-state index in [2.05, 4.69) is 47.9 Å². The minimum Gasteiger partial charge on any atom is -0.506 e. The number of hydrogen-bond donors (Lipinski definition) is 13. The van der Waals surface area contributed by atoms with Gasteiger partial charge in [0, 0.05) is 59.4 Å². The van der Waals surface area contributed by atoms with E-state index in [9.17, 15) is 53.6 Å². The lowest BCUT2D eigenvalue weighted by Gasteiger charge is -2.21. The second-order valence-corrected chi connectivity index (χ2v) is 28.4. The van der Waals surface area contributed by atoms with Gasteiger partial charge in [0.15, 0.2) is 23.7 Å². The Balaban J connectivity index is 0.000000228. The molecule has 10 aromatic rings. The van der Waals surface area contributed by atoms with Crippen molar-refractivity contribution in [3.63, 3.8) is 0 Å². The number of ether oxygens (including phenoxy) is 7. The van der Waals surface area contributed by atoms with Gasteiger partial charge in [0.1, 0.15) is 76.0 Å². The second-order valence-electron chi connectivity index (χ2n) is 28.0. The van der Waals surface area contributed by atoms with Gasteiger partial charge in [-0.05, 0) is 198 Å². The number of benzene rings is 10. The van der Waals surface area contributed by atoms with Gasteiger partial charge in [0.2, 0.25) is 5.91 Å². The van der Waals surface area contributed by atoms with Gasteiger partial charge in [-0.15, -0.1) is 0 Å². The van der Waals surface area contributed by atoms with Crippen LogP contribution in [0.15, 0.2) is 188 Å². The zero-order valence-electron chi connectivity index (χ0n) is 68.6. The van der Waals surface area contributed by atoms with Gasteiger partial charge in [0.25, 0.3) is 11.8 Å². The number of anilines is 9. The van der Waals surface area contributed by atoms with Gasteiger partial charge >= 0.3 is 18.1 Å². The van der Waals surface area contributed by atoms with Crippen molar-refractivity contribution in [1.29, 1.82) is 10.5 Å². The highest BCUT2D eigenvalue weighted by atomic mass is 35.5. The summed E-state index contributed by atoms with van der Waals surface area (Å²) in [5, 5.41) is 83.4. The first-order valence-corrected chi connectivity index (χ1v) is 39.0. The first-order chi connectivity index (χ1) is 58.0. The molecule has 30 heteroatoms. The maximum atomic E-state index is 13.6. The number of aliphatic hydroxyl groups excluding tert-OH is 1. The molecular formula is C91H97ClFN11O17. The summed E-state index contributed by atoms with van der Waals surface area (Å²) < 4.78 is 53.5. The number of amides is 9. The second kappa shape index (κ2) is 45.3. The maximum absolute atomic E-state index is 13.6. The summed E-state index contributed by atoms with van der Waals surface area (Å²) in [4.78, 5) is 77.4. The Labute approximate surface area is 705 Å². The van der Waals surface area contributed by atoms with E-state index in [1.807, 2.05) is 111 Å². The number of nitrogens with zero attached hydrogens (tertiary/aromatic N) is 2. The van der Waals surface area contributed by atoms with Crippen molar-refractivity contribution in [2.24, 2.45) is 11.8 Å². The predicted molar refractivity (Wildman–Crippen MR) is 464 cm³/mol. The number of nitriles is 2. The van der Waals surface area contributed by atoms with Gasteiger partial charge in [0.05, 0.1) is 77.2 Å². The number of phenols is 3. The molecule has 10 rings (SSSR count). The van der Waals surface area contributed by atoms with Crippen LogP contribution in [0.1, 0.15) is 107 Å². The van der Waals surface area contributed by atoms with Crippen LogP contribution in [-0.4, -0.2) is 95.9 Å². The average Bonchev–Trinajstić information content (AvgIpc) is 0.818. The monoisotopic (exact) mass is 1670 g/mol. The number of urea groups is 3. The molecular weight excluding hydrogens is 1570 g/mol. The third kappa shape index (κ3) is 28.2. The maximum Gasteiger partial charge on any atom is 0.323 e. The fraction of sp³-hybridized carbons (Fsp3) is 0.253. The van der Waals surface area contributed by atoms with E-state index < -0.39 is 47.9 Å². The van der Waals surface area contributed by atoms with Crippen LogP contribution in [0.2, 0.25) is 5.02 Å². The molecule has 121 heavy (non-hydrogen) atoms. The normalized spacial score (nSPS) is 11.2. The molecule has 0 aliphatic heterocycles. The van der Waals surface area contributed by atoms with E-state index in [1.165, 1.54) is 78.9 Å². The summed E-state index contributed by atoms with van der Waals surface area (Å²) in [5.74, 6) is 1.19. The molecule has 13 N–H and O–H groups in total. The zero-order chi connectivity index (χ0) is 87.8. The van der Waals surface area contributed by atoms with Crippen LogP contribution in [0.3, 0.4) is 0 Å². The van der Waals surface area contributed by atoms with Gasteiger partial charge in [-0.1, -0.05) is 94.5 Å². The number of aromatic hydroxyl groups is 3. The SMILES string of the molecule is CCCCC(Oc1ccc(C)cc1C)C(=O)Nc1cc(O)c(NC(=O)Nc2ccc(C#N)c(Cl)c2)cc1Oc1ccc(OC)cc1.CCCCC(Oc1ccc(C)cc1C)C(=O)Nc1cc(O)c(NC(=O)Nc2ccc(F)cc2)cc1OCCO.COc1ccc(Oc2cc(NC(=O)Nc3ccc(C#N)cc3)c(O)cc2NC(=O)C(C)C(C)C)cc1. The van der Waals surface area contributed by atoms with Crippen molar-refractivity contribution in [3.8, 4) is 81.1 Å². The van der Waals surface area contributed by atoms with Crippen LogP contribution in [-0.2, 0) is 14.4 Å². The number of hydrogen-bond acceptors (Lipinski definition) is 19. The quantitative estimate of drug-likeness (QED) is 0.0174. The Morgan fingerprint density at radius 3 is 1.21 bits per heavy atom. The smallest absolute Gasteiger partial charge is 0.323 e. The molecule has 0 fully saturated rings. The van der Waals surface area contributed by atoms with E-state index >= 15 is 0 Å². The summed E-state index contributed by atoms with van der Waals surface area (Å²) in [6.07, 6.45) is 2.56. The standard InChI is InChI=1S/C35H35ClN4O6.C29H34FN3O6.C27H28N4O5/c1-5-6-7-32(46-31-15-8-21(2)16-22(31)3)34(42)39-29-18-30(41)28(19-33(29)45-26-13-11-25(44-4)12-14-26)40-35(43)38-24-10-9-23(20-37)27(36)17-24;1-4-5-6-26(39-25-12-7-18(2)15-19(25)3)28(36)32-23-16-24(35)22(17-27(23)38-14-13-34)33-29(37)31-21-10-8-20(30)9-11-21;1-16(2)17(3)26(33)30-23-13-24(32)22(14-25(23)36-21-11-9-20(35-4)10-12-21)31-27(34)29-19-7-5-18(15-28)6-8-19/h8-19,32,41H,5-7H2,1-4H3,(H,39,42)(H2,38,40,43);7-12,15-17,26,34-35H,4-6,13-14H2,1-3H3,(H,32,36)(H2,31,33,37);5-14,16-17,32H,1-4H3,(H,30,33)(H2,29,31,34). The summed E-state index contributed by atoms with van der Waals surface area (Å²) in [6, 6.07) is 51.0. The van der Waals surface area contributed by atoms with Gasteiger partial charge < -0.3 is 101 Å². The summed E-state index contributed by atoms with van der Waals surface area (Å²) >= 11 is 6.08. The average molecular weight is 1670 g/mol. The van der Waals surface area contributed by atoms with Crippen LogP contribution in [0.4, 0.5) is 70.0 Å². The third-order valence-corrected chi connectivity index (χ3v) is 18.6. The largest absolute Gasteiger partial charge is 0.506 e. The molecule has 3 unspecified atom stereocenters. The highest BCUT2D eigenvalue weighted by Crippen LogP contribution is 2.43. The summed E-state index contributed by atoms with van der Waals surface area (Å²) in [7, 11) is 3.10. The molecule has 0 aliphatic rings. The highest BCUT2D eigenvalue weighted by molar-refractivity contribution is 6.32. The van der Waals surface area contributed by atoms with Crippen LogP contribution >= 0.6 is 11.6 Å². The Morgan fingerprint density at radius 1 is 0.438 bits per heavy atom. The summed E-state index contributed by atoms with van der Waals surface area (Å²) in [6.45, 7) is 17.2. The van der Waals surface area contributed by atoms with Crippen LogP contribution in [0.5, 0.6) is 69.0 Å². The van der Waals surface area contributed by atoms with E-state index in [1.54, 1.807) is 87.0 Å². The molecule has 0 saturated carbocycles. The number of aryl methyl sites for hydroxylation is 4. The lowest BCUT2D eigenvalue weighted by atomic mass is 9.97. The lowest BCUT2D eigenvalue weighted by molar-refractivity contribution is -0.123. The van der Waals surface area contributed by atoms with Gasteiger partial charge in [-0.3, -0.25) is 14.4 Å². The molecule has 3 atom stereocenters. The van der Waals surface area contributed by atoms with Crippen LogP contribution < -0.4 is 81.0 Å². The van der Waals surface area contributed by atoms with E-state index in [0.29, 0.717) is 70.0 Å². The number of carbonyl (C=O) groups is 6. The molecule has 0 aromatic heterocycles. The van der Waals surface area contributed by atoms with Crippen molar-refractivity contribution in [2.45, 2.75) is 113 Å². The van der Waals surface area contributed by atoms with Crippen LogP contribution in [0.25, 0.3) is 0 Å². The number of aliphatic hydroxyl groups is 1. The Kier molecular flexibility index (Phi) is 34.5. The number of phenolic OH excluding ortho intramolecular Hbond substituents is 3. The molecule has 10 aromatic carbocycles. The van der Waals surface area contributed by atoms with Crippen molar-refractivity contribution in [1.82, 2.24) is 0 Å². The molecule has 0 heterocycles. The third-order valence-electron chi connectivity index (χ3n) is 18.3. The molecule has 28 nitrogen and oxygen atoms in total. The van der Waals surface area contributed by atoms with Gasteiger partial charge in [-0.2, -0.15) is 10.5 Å². The molecule has 9 amide bonds. The molecule has 0 saturated heterocycles. The molecule has 0 bridgehead atoms. The van der Waals surface area contributed by atoms with E-state index in [-0.39, 0.29) is 110 Å². The molecule has 632 valence electrons. The zero-order valence-corrected chi connectivity index (χ0v) is 69.4. The predicted octanol–water partition coefficient (Wildman–Crippen LogP) is 20.2. The fourth-order valence-electron chi connectivity index (χ4n) is 11.4. The number of carbonyl (C=O) groups excluding carboxylic acids is 6. The number of rotatable bonds is 32. The van der Waals surface area contributed by atoms with E-state index in [4.69, 9.17) is 55.3 Å². The first-order valence-electron chi connectivity index (χ1n) is 38.6.